The molecule has 0 saturated heterocycles. The van der Waals surface area contributed by atoms with Gasteiger partial charge in [-0.25, -0.2) is 4.68 Å². The van der Waals surface area contributed by atoms with Crippen molar-refractivity contribution < 1.29 is 4.74 Å². The van der Waals surface area contributed by atoms with Gasteiger partial charge in [0.2, 0.25) is 0 Å². The van der Waals surface area contributed by atoms with Gasteiger partial charge in [-0.1, -0.05) is 0 Å². The third-order valence-corrected chi connectivity index (χ3v) is 3.07. The molecule has 2 N–H and O–H groups in total. The minimum Gasteiger partial charge on any atom is -0.399 e. The van der Waals surface area contributed by atoms with Crippen molar-refractivity contribution in [3.8, 4) is 11.4 Å². The van der Waals surface area contributed by atoms with Crippen molar-refractivity contribution in [2.45, 2.75) is 26.3 Å². The Hall–Kier alpha value is -1.95. The summed E-state index contributed by atoms with van der Waals surface area (Å²) in [5, 5.41) is 12.0. The minimum absolute atomic E-state index is 0.317. The number of hydrogen-bond donors (Lipinski definition) is 1. The van der Waals surface area contributed by atoms with Crippen molar-refractivity contribution >= 4 is 5.69 Å². The van der Waals surface area contributed by atoms with Crippen molar-refractivity contribution in [3.05, 3.63) is 23.8 Å². The van der Waals surface area contributed by atoms with E-state index in [9.17, 15) is 0 Å². The van der Waals surface area contributed by atoms with E-state index in [4.69, 9.17) is 10.5 Å². The largest absolute Gasteiger partial charge is 0.399 e. The zero-order valence-corrected chi connectivity index (χ0v) is 11.7. The first kappa shape index (κ1) is 13.5. The average Bonchev–Trinajstić information content (AvgIpc) is 2.82. The van der Waals surface area contributed by atoms with Gasteiger partial charge in [0, 0.05) is 18.4 Å². The Bertz CT molecular complexity index is 576. The molecule has 102 valence electrons. The third kappa shape index (κ3) is 2.58. The number of tetrazole rings is 1. The van der Waals surface area contributed by atoms with E-state index in [1.807, 2.05) is 39.0 Å². The molecule has 0 saturated carbocycles. The van der Waals surface area contributed by atoms with E-state index in [1.54, 1.807) is 11.8 Å². The number of nitrogens with zero attached hydrogens (tertiary/aromatic N) is 4. The fourth-order valence-electron chi connectivity index (χ4n) is 2.00. The van der Waals surface area contributed by atoms with Crippen LogP contribution >= 0.6 is 0 Å². The van der Waals surface area contributed by atoms with Crippen molar-refractivity contribution in [3.63, 3.8) is 0 Å². The maximum atomic E-state index is 5.84. The minimum atomic E-state index is -0.317. The molecule has 0 aliphatic rings. The Labute approximate surface area is 112 Å². The molecular formula is C13H19N5O. The van der Waals surface area contributed by atoms with Gasteiger partial charge in [-0.3, -0.25) is 0 Å². The number of hydrogen-bond acceptors (Lipinski definition) is 5. The molecule has 1 aromatic heterocycles. The third-order valence-electron chi connectivity index (χ3n) is 3.07. The lowest BCUT2D eigenvalue weighted by Gasteiger charge is -2.24. The van der Waals surface area contributed by atoms with Gasteiger partial charge in [-0.15, -0.1) is 5.10 Å². The summed E-state index contributed by atoms with van der Waals surface area (Å²) in [5.41, 5.74) is 8.24. The molecule has 0 aliphatic heterocycles. The molecule has 1 aromatic carbocycles. The molecule has 0 unspecified atom stereocenters. The molecule has 0 bridgehead atoms. The lowest BCUT2D eigenvalue weighted by Crippen LogP contribution is -2.33. The summed E-state index contributed by atoms with van der Waals surface area (Å²) < 4.78 is 7.01. The molecule has 6 nitrogen and oxygen atoms in total. The average molecular weight is 261 g/mol. The lowest BCUT2D eigenvalue weighted by molar-refractivity contribution is 0.101. The first-order valence-corrected chi connectivity index (χ1v) is 6.10. The second-order valence-electron chi connectivity index (χ2n) is 5.23. The summed E-state index contributed by atoms with van der Waals surface area (Å²) >= 11 is 0. The van der Waals surface area contributed by atoms with Crippen LogP contribution in [0.15, 0.2) is 18.2 Å². The predicted octanol–water partition coefficient (Wildman–Crippen LogP) is 1.61. The molecule has 0 spiro atoms. The van der Waals surface area contributed by atoms with E-state index in [-0.39, 0.29) is 5.54 Å². The lowest BCUT2D eigenvalue weighted by atomic mass is 10.1. The number of nitrogens with two attached hydrogens (primary N) is 1. The quantitative estimate of drug-likeness (QED) is 0.846. The normalized spacial score (nSPS) is 11.8. The van der Waals surface area contributed by atoms with Crippen molar-refractivity contribution in [2.24, 2.45) is 0 Å². The molecule has 19 heavy (non-hydrogen) atoms. The van der Waals surface area contributed by atoms with Crippen LogP contribution in [0.25, 0.3) is 11.4 Å². The van der Waals surface area contributed by atoms with E-state index < -0.39 is 0 Å². The second-order valence-corrected chi connectivity index (χ2v) is 5.23. The van der Waals surface area contributed by atoms with Gasteiger partial charge in [0.1, 0.15) is 0 Å². The van der Waals surface area contributed by atoms with E-state index in [0.29, 0.717) is 12.4 Å². The Balaban J connectivity index is 2.47. The Morgan fingerprint density at radius 2 is 2.11 bits per heavy atom. The van der Waals surface area contributed by atoms with E-state index in [2.05, 4.69) is 15.5 Å². The molecular weight excluding hydrogens is 242 g/mol. The Morgan fingerprint density at radius 3 is 2.74 bits per heavy atom. The molecule has 2 aromatic rings. The van der Waals surface area contributed by atoms with E-state index in [1.165, 1.54) is 0 Å². The standard InChI is InChI=1S/C13H19N5O/c1-9-7-10(5-6-11(9)14)12-15-16-17-18(12)13(2,3)8-19-4/h5-7H,8,14H2,1-4H3. The smallest absolute Gasteiger partial charge is 0.182 e. The van der Waals surface area contributed by atoms with Crippen LogP contribution < -0.4 is 5.73 Å². The van der Waals surface area contributed by atoms with Crippen LogP contribution in [0.1, 0.15) is 19.4 Å². The van der Waals surface area contributed by atoms with Gasteiger partial charge in [-0.05, 0) is 55.0 Å². The number of nitrogen functional groups attached to an aromatic ring is 1. The van der Waals surface area contributed by atoms with Crippen LogP contribution in [-0.2, 0) is 10.3 Å². The van der Waals surface area contributed by atoms with Gasteiger partial charge >= 0.3 is 0 Å². The molecule has 0 radical (unpaired) electrons. The maximum Gasteiger partial charge on any atom is 0.182 e. The summed E-state index contributed by atoms with van der Waals surface area (Å²) in [5.74, 6) is 0.713. The van der Waals surface area contributed by atoms with Gasteiger partial charge in [0.15, 0.2) is 5.82 Å². The first-order chi connectivity index (χ1) is 8.95. The SMILES string of the molecule is COCC(C)(C)n1nnnc1-c1ccc(N)c(C)c1. The van der Waals surface area contributed by atoms with E-state index in [0.717, 1.165) is 16.8 Å². The zero-order valence-electron chi connectivity index (χ0n) is 11.7. The van der Waals surface area contributed by atoms with Crippen molar-refractivity contribution in [1.29, 1.82) is 0 Å². The highest BCUT2D eigenvalue weighted by molar-refractivity contribution is 5.62. The summed E-state index contributed by atoms with van der Waals surface area (Å²) in [6.07, 6.45) is 0. The molecule has 0 atom stereocenters. The molecule has 6 heteroatoms. The summed E-state index contributed by atoms with van der Waals surface area (Å²) in [6, 6.07) is 5.78. The number of ether oxygens (including phenoxy) is 1. The molecule has 0 fully saturated rings. The maximum absolute atomic E-state index is 5.84. The number of methoxy groups -OCH3 is 1. The summed E-state index contributed by atoms with van der Waals surface area (Å²) in [6.45, 7) is 6.55. The molecule has 1 heterocycles. The Morgan fingerprint density at radius 1 is 1.37 bits per heavy atom. The first-order valence-electron chi connectivity index (χ1n) is 6.10. The van der Waals surface area contributed by atoms with Crippen molar-refractivity contribution in [2.75, 3.05) is 19.5 Å². The molecule has 2 rings (SSSR count). The molecule has 0 amide bonds. The molecule has 0 aliphatic carbocycles. The topological polar surface area (TPSA) is 78.8 Å². The highest BCUT2D eigenvalue weighted by atomic mass is 16.5. The highest BCUT2D eigenvalue weighted by Gasteiger charge is 2.26. The number of rotatable bonds is 4. The predicted molar refractivity (Wildman–Crippen MR) is 73.6 cm³/mol. The second kappa shape index (κ2) is 4.97. The van der Waals surface area contributed by atoms with Crippen molar-refractivity contribution in [1.82, 2.24) is 20.2 Å². The zero-order chi connectivity index (χ0) is 14.0. The van der Waals surface area contributed by atoms with E-state index >= 15 is 0 Å². The Kier molecular flexibility index (Phi) is 3.53. The van der Waals surface area contributed by atoms with Crippen LogP contribution in [0, 0.1) is 6.92 Å². The monoisotopic (exact) mass is 261 g/mol. The summed E-state index contributed by atoms with van der Waals surface area (Å²) in [4.78, 5) is 0. The fourth-order valence-corrected chi connectivity index (χ4v) is 2.00. The van der Waals surface area contributed by atoms with Gasteiger partial charge in [0.25, 0.3) is 0 Å². The number of anilines is 1. The van der Waals surface area contributed by atoms with Crippen LogP contribution in [-0.4, -0.2) is 33.9 Å². The number of benzene rings is 1. The number of aryl methyl sites for hydroxylation is 1. The number of aromatic nitrogens is 4. The highest BCUT2D eigenvalue weighted by Crippen LogP contribution is 2.25. The fraction of sp³-hybridized carbons (Fsp3) is 0.462. The van der Waals surface area contributed by atoms with Crippen LogP contribution in [0.3, 0.4) is 0 Å². The van der Waals surface area contributed by atoms with Crippen LogP contribution in [0.2, 0.25) is 0 Å². The van der Waals surface area contributed by atoms with Crippen LogP contribution in [0.5, 0.6) is 0 Å². The van der Waals surface area contributed by atoms with Gasteiger partial charge in [0.05, 0.1) is 12.1 Å². The van der Waals surface area contributed by atoms with Gasteiger partial charge < -0.3 is 10.5 Å². The summed E-state index contributed by atoms with van der Waals surface area (Å²) in [7, 11) is 1.67. The van der Waals surface area contributed by atoms with Gasteiger partial charge in [-0.2, -0.15) is 0 Å². The van der Waals surface area contributed by atoms with Crippen LogP contribution in [0.4, 0.5) is 5.69 Å².